The Kier molecular flexibility index (Phi) is 2.27. The summed E-state index contributed by atoms with van der Waals surface area (Å²) in [5, 5.41) is 5.43. The van der Waals surface area contributed by atoms with Gasteiger partial charge in [0.1, 0.15) is 0 Å². The number of fused-ring (bicyclic) bond motifs is 1. The lowest BCUT2D eigenvalue weighted by atomic mass is 10.1. The van der Waals surface area contributed by atoms with Crippen LogP contribution >= 0.6 is 12.6 Å². The van der Waals surface area contributed by atoms with E-state index >= 15 is 0 Å². The number of hydrogen-bond donors (Lipinski definition) is 1. The molecule has 0 N–H and O–H groups in total. The van der Waals surface area contributed by atoms with Gasteiger partial charge >= 0.3 is 0 Å². The number of nitrogens with zero attached hydrogens (tertiary/aromatic N) is 1. The molecular formula is C10H11NOS. The first-order chi connectivity index (χ1) is 6.27. The normalized spacial score (nSPS) is 13.4. The Hall–Kier alpha value is -0.960. The highest BCUT2D eigenvalue weighted by Crippen LogP contribution is 2.19. The van der Waals surface area contributed by atoms with E-state index in [1.54, 1.807) is 0 Å². The fourth-order valence-electron chi connectivity index (χ4n) is 1.37. The third-order valence-corrected chi connectivity index (χ3v) is 2.12. The Morgan fingerprint density at radius 3 is 3.00 bits per heavy atom. The van der Waals surface area contributed by atoms with Crippen LogP contribution in [-0.4, -0.2) is 10.4 Å². The molecule has 0 aliphatic heterocycles. The van der Waals surface area contributed by atoms with Crippen molar-refractivity contribution in [2.45, 2.75) is 18.6 Å². The predicted molar refractivity (Wildman–Crippen MR) is 56.2 cm³/mol. The lowest BCUT2D eigenvalue weighted by Gasteiger charge is -1.98. The van der Waals surface area contributed by atoms with Gasteiger partial charge in [0.15, 0.2) is 5.58 Å². The summed E-state index contributed by atoms with van der Waals surface area (Å²) in [6.45, 7) is 2.05. The second kappa shape index (κ2) is 3.42. The highest BCUT2D eigenvalue weighted by atomic mass is 32.1. The van der Waals surface area contributed by atoms with Crippen LogP contribution in [-0.2, 0) is 6.42 Å². The molecule has 0 fully saturated rings. The van der Waals surface area contributed by atoms with E-state index in [0.29, 0.717) is 5.25 Å². The molecule has 0 saturated carbocycles. The van der Waals surface area contributed by atoms with Gasteiger partial charge in [0, 0.05) is 17.1 Å². The Bertz CT molecular complexity index is 408. The van der Waals surface area contributed by atoms with Gasteiger partial charge in [-0.2, -0.15) is 12.6 Å². The van der Waals surface area contributed by atoms with Gasteiger partial charge in [-0.05, 0) is 12.1 Å². The minimum absolute atomic E-state index is 0.313. The van der Waals surface area contributed by atoms with Crippen LogP contribution in [0.25, 0.3) is 11.0 Å². The molecule has 1 aromatic heterocycles. The first kappa shape index (κ1) is 8.63. The maximum absolute atomic E-state index is 5.17. The third-order valence-electron chi connectivity index (χ3n) is 1.94. The van der Waals surface area contributed by atoms with Gasteiger partial charge in [-0.3, -0.25) is 0 Å². The van der Waals surface area contributed by atoms with Crippen molar-refractivity contribution >= 4 is 23.6 Å². The zero-order valence-electron chi connectivity index (χ0n) is 7.40. The molecule has 0 aliphatic carbocycles. The summed E-state index contributed by atoms with van der Waals surface area (Å²) in [7, 11) is 0. The monoisotopic (exact) mass is 193 g/mol. The molecule has 0 amide bonds. The van der Waals surface area contributed by atoms with Gasteiger partial charge in [0.25, 0.3) is 0 Å². The van der Waals surface area contributed by atoms with Crippen molar-refractivity contribution in [1.82, 2.24) is 5.16 Å². The zero-order valence-corrected chi connectivity index (χ0v) is 8.29. The molecule has 68 valence electrons. The van der Waals surface area contributed by atoms with E-state index in [-0.39, 0.29) is 0 Å². The number of benzene rings is 1. The second-order valence-electron chi connectivity index (χ2n) is 3.18. The van der Waals surface area contributed by atoms with Crippen molar-refractivity contribution in [3.63, 3.8) is 0 Å². The van der Waals surface area contributed by atoms with E-state index < -0.39 is 0 Å². The summed E-state index contributed by atoms with van der Waals surface area (Å²) in [6, 6.07) is 7.89. The molecule has 1 heterocycles. The van der Waals surface area contributed by atoms with Crippen molar-refractivity contribution < 1.29 is 4.52 Å². The van der Waals surface area contributed by atoms with Crippen LogP contribution in [0.4, 0.5) is 0 Å². The van der Waals surface area contributed by atoms with Crippen molar-refractivity contribution in [3.05, 3.63) is 30.0 Å². The van der Waals surface area contributed by atoms with Crippen molar-refractivity contribution in [1.29, 1.82) is 0 Å². The molecule has 0 saturated heterocycles. The van der Waals surface area contributed by atoms with Gasteiger partial charge in [0.2, 0.25) is 0 Å². The molecule has 1 aromatic carbocycles. The van der Waals surface area contributed by atoms with E-state index in [1.807, 2.05) is 31.2 Å². The molecule has 3 heteroatoms. The molecular weight excluding hydrogens is 182 g/mol. The van der Waals surface area contributed by atoms with Crippen LogP contribution in [0.5, 0.6) is 0 Å². The summed E-state index contributed by atoms with van der Waals surface area (Å²) >= 11 is 4.33. The van der Waals surface area contributed by atoms with Crippen molar-refractivity contribution in [2.75, 3.05) is 0 Å². The SMILES string of the molecule is CC(S)Cc1noc2ccccc12. The summed E-state index contributed by atoms with van der Waals surface area (Å²) in [4.78, 5) is 0. The zero-order chi connectivity index (χ0) is 9.26. The molecule has 1 unspecified atom stereocenters. The quantitative estimate of drug-likeness (QED) is 0.742. The molecule has 2 rings (SSSR count). The van der Waals surface area contributed by atoms with E-state index in [9.17, 15) is 0 Å². The molecule has 1 atom stereocenters. The lowest BCUT2D eigenvalue weighted by molar-refractivity contribution is 0.446. The van der Waals surface area contributed by atoms with E-state index in [1.165, 1.54) is 0 Å². The van der Waals surface area contributed by atoms with Gasteiger partial charge in [-0.1, -0.05) is 24.2 Å². The van der Waals surface area contributed by atoms with E-state index in [0.717, 1.165) is 23.1 Å². The van der Waals surface area contributed by atoms with Crippen LogP contribution in [0.1, 0.15) is 12.6 Å². The van der Waals surface area contributed by atoms with Gasteiger partial charge in [0.05, 0.1) is 5.69 Å². The van der Waals surface area contributed by atoms with Crippen LogP contribution < -0.4 is 0 Å². The van der Waals surface area contributed by atoms with Crippen molar-refractivity contribution in [3.8, 4) is 0 Å². The first-order valence-electron chi connectivity index (χ1n) is 4.29. The molecule has 0 radical (unpaired) electrons. The number of thiol groups is 1. The summed E-state index contributed by atoms with van der Waals surface area (Å²) in [5.74, 6) is 0. The first-order valence-corrected chi connectivity index (χ1v) is 4.80. The average molecular weight is 193 g/mol. The molecule has 0 spiro atoms. The summed E-state index contributed by atoms with van der Waals surface area (Å²) in [6.07, 6.45) is 0.847. The van der Waals surface area contributed by atoms with Gasteiger partial charge in [-0.25, -0.2) is 0 Å². The fourth-order valence-corrected chi connectivity index (χ4v) is 1.54. The highest BCUT2D eigenvalue weighted by Gasteiger charge is 2.08. The highest BCUT2D eigenvalue weighted by molar-refractivity contribution is 7.80. The third kappa shape index (κ3) is 1.70. The largest absolute Gasteiger partial charge is 0.356 e. The minimum atomic E-state index is 0.313. The Balaban J connectivity index is 2.46. The van der Waals surface area contributed by atoms with Crippen LogP contribution in [0.2, 0.25) is 0 Å². The van der Waals surface area contributed by atoms with Crippen LogP contribution in [0.15, 0.2) is 28.8 Å². The predicted octanol–water partition coefficient (Wildman–Crippen LogP) is 2.69. The van der Waals surface area contributed by atoms with Gasteiger partial charge in [-0.15, -0.1) is 0 Å². The minimum Gasteiger partial charge on any atom is -0.356 e. The van der Waals surface area contributed by atoms with Crippen molar-refractivity contribution in [2.24, 2.45) is 0 Å². The maximum atomic E-state index is 5.17. The number of aromatic nitrogens is 1. The average Bonchev–Trinajstić information content (AvgIpc) is 2.48. The molecule has 0 aliphatic rings. The standard InChI is InChI=1S/C10H11NOS/c1-7(13)6-9-8-4-2-3-5-10(8)12-11-9/h2-5,7,13H,6H2,1H3. The number of hydrogen-bond acceptors (Lipinski definition) is 3. The Morgan fingerprint density at radius 2 is 2.23 bits per heavy atom. The van der Waals surface area contributed by atoms with E-state index in [2.05, 4.69) is 17.8 Å². The number of rotatable bonds is 2. The smallest absolute Gasteiger partial charge is 0.167 e. The second-order valence-corrected chi connectivity index (χ2v) is 4.06. The Morgan fingerprint density at radius 1 is 1.46 bits per heavy atom. The lowest BCUT2D eigenvalue weighted by Crippen LogP contribution is -1.97. The van der Waals surface area contributed by atoms with Gasteiger partial charge < -0.3 is 4.52 Å². The number of para-hydroxylation sites is 1. The van der Waals surface area contributed by atoms with E-state index in [4.69, 9.17) is 4.52 Å². The Labute approximate surface area is 82.3 Å². The maximum Gasteiger partial charge on any atom is 0.167 e. The van der Waals surface area contributed by atoms with Crippen LogP contribution in [0.3, 0.4) is 0 Å². The van der Waals surface area contributed by atoms with Crippen LogP contribution in [0, 0.1) is 0 Å². The topological polar surface area (TPSA) is 26.0 Å². The fraction of sp³-hybridized carbons (Fsp3) is 0.300. The molecule has 13 heavy (non-hydrogen) atoms. The summed E-state index contributed by atoms with van der Waals surface area (Å²) in [5.41, 5.74) is 1.85. The molecule has 2 nitrogen and oxygen atoms in total. The summed E-state index contributed by atoms with van der Waals surface area (Å²) < 4.78 is 5.17. The molecule has 0 bridgehead atoms. The molecule has 2 aromatic rings.